The van der Waals surface area contributed by atoms with Crippen molar-refractivity contribution >= 4 is 23.1 Å². The number of rotatable bonds is 3. The number of nitrogens with zero attached hydrogens (tertiary/aromatic N) is 1. The summed E-state index contributed by atoms with van der Waals surface area (Å²) < 4.78 is 0. The fourth-order valence-corrected chi connectivity index (χ4v) is 3.98. The van der Waals surface area contributed by atoms with Crippen molar-refractivity contribution < 1.29 is 4.79 Å². The molecule has 2 aliphatic heterocycles. The zero-order chi connectivity index (χ0) is 15.5. The number of amides is 1. The molecule has 2 saturated heterocycles. The third-order valence-electron chi connectivity index (χ3n) is 4.83. The summed E-state index contributed by atoms with van der Waals surface area (Å²) in [5.74, 6) is -0.00477. The molecule has 4 heteroatoms. The highest BCUT2D eigenvalue weighted by atomic mass is 35.5. The zero-order valence-corrected chi connectivity index (χ0v) is 13.8. The largest absolute Gasteiger partial charge is 0.348 e. The average Bonchev–Trinajstić information content (AvgIpc) is 2.91. The van der Waals surface area contributed by atoms with Gasteiger partial charge < -0.3 is 5.32 Å². The van der Waals surface area contributed by atoms with Gasteiger partial charge in [0, 0.05) is 29.7 Å². The first kappa shape index (κ1) is 15.6. The molecule has 2 fully saturated rings. The summed E-state index contributed by atoms with van der Waals surface area (Å²) >= 11 is 6.18. The van der Waals surface area contributed by atoms with Gasteiger partial charge in [-0.05, 0) is 49.9 Å². The maximum absolute atomic E-state index is 12.3. The van der Waals surface area contributed by atoms with E-state index < -0.39 is 0 Å². The molecule has 1 aromatic rings. The van der Waals surface area contributed by atoms with Crippen LogP contribution in [0.15, 0.2) is 30.3 Å². The summed E-state index contributed by atoms with van der Waals surface area (Å²) in [6.07, 6.45) is 6.52. The predicted molar refractivity (Wildman–Crippen MR) is 90.9 cm³/mol. The van der Waals surface area contributed by atoms with Crippen LogP contribution in [0.5, 0.6) is 0 Å². The summed E-state index contributed by atoms with van der Waals surface area (Å²) in [6.45, 7) is 4.23. The third-order valence-corrected chi connectivity index (χ3v) is 5.16. The summed E-state index contributed by atoms with van der Waals surface area (Å²) in [5.41, 5.74) is 1.83. The second kappa shape index (κ2) is 6.84. The van der Waals surface area contributed by atoms with E-state index in [1.807, 2.05) is 31.2 Å². The van der Waals surface area contributed by atoms with Crippen LogP contribution in [-0.2, 0) is 4.79 Å². The topological polar surface area (TPSA) is 32.3 Å². The van der Waals surface area contributed by atoms with Crippen molar-refractivity contribution in [1.82, 2.24) is 10.2 Å². The minimum absolute atomic E-state index is 0.00477. The number of allylic oxidation sites excluding steroid dienone is 1. The van der Waals surface area contributed by atoms with Gasteiger partial charge in [-0.2, -0.15) is 0 Å². The van der Waals surface area contributed by atoms with Crippen molar-refractivity contribution in [2.24, 2.45) is 0 Å². The summed E-state index contributed by atoms with van der Waals surface area (Å²) in [6, 6.07) is 8.46. The van der Waals surface area contributed by atoms with Crippen LogP contribution in [0.1, 0.15) is 38.2 Å². The van der Waals surface area contributed by atoms with Crippen molar-refractivity contribution in [2.45, 2.75) is 44.7 Å². The maximum Gasteiger partial charge on any atom is 0.244 e. The molecule has 0 bridgehead atoms. The lowest BCUT2D eigenvalue weighted by Crippen LogP contribution is -2.46. The highest BCUT2D eigenvalue weighted by Crippen LogP contribution is 2.27. The predicted octanol–water partition coefficient (Wildman–Crippen LogP) is 3.49. The first-order valence-electron chi connectivity index (χ1n) is 8.13. The van der Waals surface area contributed by atoms with Gasteiger partial charge in [-0.15, -0.1) is 0 Å². The Bertz CT molecular complexity index is 584. The van der Waals surface area contributed by atoms with E-state index in [2.05, 4.69) is 10.2 Å². The Morgan fingerprint density at radius 3 is 2.91 bits per heavy atom. The summed E-state index contributed by atoms with van der Waals surface area (Å²) in [5, 5.41) is 3.88. The van der Waals surface area contributed by atoms with Crippen LogP contribution in [-0.4, -0.2) is 36.0 Å². The van der Waals surface area contributed by atoms with E-state index in [0.29, 0.717) is 17.1 Å². The number of piperidine rings is 1. The van der Waals surface area contributed by atoms with Gasteiger partial charge in [-0.25, -0.2) is 0 Å². The zero-order valence-electron chi connectivity index (χ0n) is 13.0. The molecule has 1 amide bonds. The molecule has 3 rings (SSSR count). The molecule has 2 heterocycles. The van der Waals surface area contributed by atoms with Crippen LogP contribution in [0.4, 0.5) is 0 Å². The van der Waals surface area contributed by atoms with Crippen molar-refractivity contribution in [2.75, 3.05) is 13.1 Å². The molecule has 1 N–H and O–H groups in total. The molecule has 2 aliphatic rings. The molecule has 118 valence electrons. The fourth-order valence-electron chi connectivity index (χ4n) is 3.70. The lowest BCUT2D eigenvalue weighted by molar-refractivity contribution is -0.117. The molecule has 2 atom stereocenters. The van der Waals surface area contributed by atoms with Gasteiger partial charge in [0.2, 0.25) is 5.91 Å². The Hall–Kier alpha value is -1.32. The van der Waals surface area contributed by atoms with E-state index in [1.165, 1.54) is 25.8 Å². The van der Waals surface area contributed by atoms with E-state index >= 15 is 0 Å². The number of fused-ring (bicyclic) bond motifs is 1. The van der Waals surface area contributed by atoms with Crippen LogP contribution in [0.3, 0.4) is 0 Å². The quantitative estimate of drug-likeness (QED) is 0.865. The highest BCUT2D eigenvalue weighted by molar-refractivity contribution is 6.32. The lowest BCUT2D eigenvalue weighted by Gasteiger charge is -2.32. The van der Waals surface area contributed by atoms with E-state index in [1.54, 1.807) is 6.08 Å². The molecule has 1 aromatic carbocycles. The first-order valence-corrected chi connectivity index (χ1v) is 8.50. The third kappa shape index (κ3) is 3.36. The molecule has 2 unspecified atom stereocenters. The monoisotopic (exact) mass is 318 g/mol. The maximum atomic E-state index is 12.3. The minimum atomic E-state index is -0.00477. The van der Waals surface area contributed by atoms with Gasteiger partial charge in [-0.1, -0.05) is 36.2 Å². The smallest absolute Gasteiger partial charge is 0.244 e. The Balaban J connectivity index is 1.65. The summed E-state index contributed by atoms with van der Waals surface area (Å²) in [4.78, 5) is 14.8. The lowest BCUT2D eigenvalue weighted by atomic mass is 9.99. The van der Waals surface area contributed by atoms with E-state index in [9.17, 15) is 4.79 Å². The van der Waals surface area contributed by atoms with Gasteiger partial charge in [0.1, 0.15) is 0 Å². The Morgan fingerprint density at radius 1 is 1.27 bits per heavy atom. The molecule has 0 aliphatic carbocycles. The SMILES string of the molecule is C/C(=C/C(=O)NC1CCN2CCCCC12)c1ccccc1Cl. The Morgan fingerprint density at radius 2 is 2.09 bits per heavy atom. The van der Waals surface area contributed by atoms with Crippen molar-refractivity contribution in [3.8, 4) is 0 Å². The number of nitrogens with one attached hydrogen (secondary N) is 1. The number of carbonyl (C=O) groups excluding carboxylic acids is 1. The van der Waals surface area contributed by atoms with Gasteiger partial charge >= 0.3 is 0 Å². The number of halogens is 1. The second-order valence-corrected chi connectivity index (χ2v) is 6.72. The standard InChI is InChI=1S/C18H23ClN2O/c1-13(14-6-2-3-7-15(14)19)12-18(22)20-16-9-11-21-10-5-4-8-17(16)21/h2-3,6-7,12,16-17H,4-5,8-11H2,1H3,(H,20,22)/b13-12-. The Labute approximate surface area is 137 Å². The molecular formula is C18H23ClN2O. The van der Waals surface area contributed by atoms with Crippen LogP contribution >= 0.6 is 11.6 Å². The summed E-state index contributed by atoms with van der Waals surface area (Å²) in [7, 11) is 0. The molecule has 22 heavy (non-hydrogen) atoms. The van der Waals surface area contributed by atoms with Crippen LogP contribution in [0.25, 0.3) is 5.57 Å². The second-order valence-electron chi connectivity index (χ2n) is 6.31. The van der Waals surface area contributed by atoms with Crippen molar-refractivity contribution in [3.05, 3.63) is 40.9 Å². The molecule has 0 saturated carbocycles. The Kier molecular flexibility index (Phi) is 4.84. The molecule has 0 radical (unpaired) electrons. The van der Waals surface area contributed by atoms with Crippen molar-refractivity contribution in [1.29, 1.82) is 0 Å². The van der Waals surface area contributed by atoms with Gasteiger partial charge in [-0.3, -0.25) is 9.69 Å². The molecule has 3 nitrogen and oxygen atoms in total. The highest BCUT2D eigenvalue weighted by Gasteiger charge is 2.35. The fraction of sp³-hybridized carbons (Fsp3) is 0.500. The van der Waals surface area contributed by atoms with Gasteiger partial charge in [0.25, 0.3) is 0 Å². The van der Waals surface area contributed by atoms with Crippen LogP contribution in [0.2, 0.25) is 5.02 Å². The molecular weight excluding hydrogens is 296 g/mol. The number of hydrogen-bond acceptors (Lipinski definition) is 2. The van der Waals surface area contributed by atoms with Gasteiger partial charge in [0.15, 0.2) is 0 Å². The minimum Gasteiger partial charge on any atom is -0.348 e. The normalized spacial score (nSPS) is 25.8. The van der Waals surface area contributed by atoms with Gasteiger partial charge in [0.05, 0.1) is 0 Å². The van der Waals surface area contributed by atoms with E-state index in [0.717, 1.165) is 24.1 Å². The van der Waals surface area contributed by atoms with Crippen molar-refractivity contribution in [3.63, 3.8) is 0 Å². The number of carbonyl (C=O) groups is 1. The van der Waals surface area contributed by atoms with Crippen LogP contribution < -0.4 is 5.32 Å². The average molecular weight is 319 g/mol. The first-order chi connectivity index (χ1) is 10.6. The number of hydrogen-bond donors (Lipinski definition) is 1. The number of benzene rings is 1. The molecule has 0 aromatic heterocycles. The molecule has 0 spiro atoms. The van der Waals surface area contributed by atoms with E-state index in [-0.39, 0.29) is 5.91 Å². The van der Waals surface area contributed by atoms with E-state index in [4.69, 9.17) is 11.6 Å². The van der Waals surface area contributed by atoms with Crippen LogP contribution in [0, 0.1) is 0 Å².